The van der Waals surface area contributed by atoms with Gasteiger partial charge in [0.1, 0.15) is 6.61 Å². The first-order valence-corrected chi connectivity index (χ1v) is 8.79. The molecular formula is C22H21NO2. The number of amides is 1. The predicted octanol–water partition coefficient (Wildman–Crippen LogP) is 4.33. The van der Waals surface area contributed by atoms with Gasteiger partial charge in [-0.25, -0.2) is 4.79 Å². The summed E-state index contributed by atoms with van der Waals surface area (Å²) < 4.78 is 5.53. The van der Waals surface area contributed by atoms with Crippen molar-refractivity contribution in [2.75, 3.05) is 13.2 Å². The monoisotopic (exact) mass is 331 g/mol. The van der Waals surface area contributed by atoms with Crippen molar-refractivity contribution >= 4 is 6.09 Å². The molecule has 0 saturated heterocycles. The lowest BCUT2D eigenvalue weighted by Crippen LogP contribution is -2.41. The Hall–Kier alpha value is -2.73. The summed E-state index contributed by atoms with van der Waals surface area (Å²) in [6, 6.07) is 16.6. The molecule has 2 aliphatic carbocycles. The zero-order valence-corrected chi connectivity index (χ0v) is 14.1. The molecule has 0 unspecified atom stereocenters. The summed E-state index contributed by atoms with van der Waals surface area (Å²) in [5, 5.41) is 2.84. The maximum absolute atomic E-state index is 12.1. The van der Waals surface area contributed by atoms with E-state index in [9.17, 15) is 4.79 Å². The zero-order valence-electron chi connectivity index (χ0n) is 14.1. The van der Waals surface area contributed by atoms with Crippen LogP contribution in [0, 0.1) is 17.8 Å². The maximum atomic E-state index is 12.1. The third-order valence-electron chi connectivity index (χ3n) is 5.53. The van der Waals surface area contributed by atoms with Gasteiger partial charge in [-0.1, -0.05) is 60.9 Å². The van der Waals surface area contributed by atoms with Gasteiger partial charge < -0.3 is 10.1 Å². The Kier molecular flexibility index (Phi) is 3.97. The number of benzene rings is 2. The van der Waals surface area contributed by atoms with Crippen molar-refractivity contribution in [1.29, 1.82) is 0 Å². The van der Waals surface area contributed by atoms with Crippen LogP contribution in [0.1, 0.15) is 36.3 Å². The second-order valence-electron chi connectivity index (χ2n) is 6.96. The number of rotatable bonds is 4. The molecule has 1 fully saturated rings. The van der Waals surface area contributed by atoms with Gasteiger partial charge >= 0.3 is 6.09 Å². The Balaban J connectivity index is 1.43. The molecule has 3 heteroatoms. The summed E-state index contributed by atoms with van der Waals surface area (Å²) >= 11 is 0. The number of carbonyl (C=O) groups is 1. The number of hydrogen-bond acceptors (Lipinski definition) is 2. The highest BCUT2D eigenvalue weighted by Gasteiger charge is 2.35. The van der Waals surface area contributed by atoms with Crippen molar-refractivity contribution in [3.8, 4) is 23.5 Å². The standard InChI is InChI=1S/C22H21NO2/c1-2-22(12-7-13-22)15-23-21(24)25-14-20-18-10-5-3-8-16(18)17-9-4-6-11-19(17)20/h1,3-6,8-11,20H,7,12-15H2,(H,23,24). The summed E-state index contributed by atoms with van der Waals surface area (Å²) in [5.41, 5.74) is 4.73. The molecule has 0 spiro atoms. The van der Waals surface area contributed by atoms with Crippen LogP contribution in [0.15, 0.2) is 48.5 Å². The summed E-state index contributed by atoms with van der Waals surface area (Å²) in [6.07, 6.45) is 8.30. The Morgan fingerprint density at radius 1 is 1.12 bits per heavy atom. The first-order valence-electron chi connectivity index (χ1n) is 8.79. The van der Waals surface area contributed by atoms with Gasteiger partial charge in [0.05, 0.1) is 0 Å². The Morgan fingerprint density at radius 3 is 2.24 bits per heavy atom. The average Bonchev–Trinajstić information content (AvgIpc) is 2.93. The van der Waals surface area contributed by atoms with E-state index in [1.165, 1.54) is 22.3 Å². The highest BCUT2D eigenvalue weighted by atomic mass is 16.5. The molecule has 1 amide bonds. The van der Waals surface area contributed by atoms with E-state index in [0.717, 1.165) is 19.3 Å². The number of terminal acetylenes is 1. The highest BCUT2D eigenvalue weighted by molar-refractivity contribution is 5.79. The molecule has 0 aromatic heterocycles. The van der Waals surface area contributed by atoms with Gasteiger partial charge in [0.2, 0.25) is 0 Å². The molecule has 0 radical (unpaired) electrons. The second-order valence-corrected chi connectivity index (χ2v) is 6.96. The van der Waals surface area contributed by atoms with Gasteiger partial charge in [-0.3, -0.25) is 0 Å². The zero-order chi connectivity index (χ0) is 17.3. The lowest BCUT2D eigenvalue weighted by Gasteiger charge is -2.36. The molecule has 126 valence electrons. The molecule has 0 bridgehead atoms. The third kappa shape index (κ3) is 2.78. The van der Waals surface area contributed by atoms with Crippen molar-refractivity contribution in [2.45, 2.75) is 25.2 Å². The summed E-state index contributed by atoms with van der Waals surface area (Å²) in [5.74, 6) is 2.91. The van der Waals surface area contributed by atoms with E-state index in [0.29, 0.717) is 13.2 Å². The summed E-state index contributed by atoms with van der Waals surface area (Å²) in [6.45, 7) is 0.836. The molecular weight excluding hydrogens is 310 g/mol. The SMILES string of the molecule is C#CC1(CNC(=O)OCC2c3ccccc3-c3ccccc32)CCC1. The predicted molar refractivity (Wildman–Crippen MR) is 98.2 cm³/mol. The molecule has 1 N–H and O–H groups in total. The number of ether oxygens (including phenoxy) is 1. The van der Waals surface area contributed by atoms with Crippen molar-refractivity contribution < 1.29 is 9.53 Å². The van der Waals surface area contributed by atoms with Crippen LogP contribution in [-0.4, -0.2) is 19.2 Å². The maximum Gasteiger partial charge on any atom is 0.407 e. The van der Waals surface area contributed by atoms with E-state index in [1.807, 2.05) is 24.3 Å². The van der Waals surface area contributed by atoms with E-state index in [-0.39, 0.29) is 17.4 Å². The van der Waals surface area contributed by atoms with E-state index in [2.05, 4.69) is 35.5 Å². The van der Waals surface area contributed by atoms with E-state index in [1.54, 1.807) is 0 Å². The van der Waals surface area contributed by atoms with Gasteiger partial charge in [-0.2, -0.15) is 0 Å². The van der Waals surface area contributed by atoms with Crippen LogP contribution in [0.4, 0.5) is 4.79 Å². The first-order chi connectivity index (χ1) is 12.2. The fraction of sp³-hybridized carbons (Fsp3) is 0.318. The third-order valence-corrected chi connectivity index (χ3v) is 5.53. The topological polar surface area (TPSA) is 38.3 Å². The van der Waals surface area contributed by atoms with Crippen LogP contribution in [-0.2, 0) is 4.74 Å². The molecule has 0 heterocycles. The van der Waals surface area contributed by atoms with Gasteiger partial charge in [-0.05, 0) is 35.1 Å². The van der Waals surface area contributed by atoms with Crippen molar-refractivity contribution in [3.05, 3.63) is 59.7 Å². The van der Waals surface area contributed by atoms with Crippen LogP contribution < -0.4 is 5.32 Å². The lowest BCUT2D eigenvalue weighted by atomic mass is 9.69. The smallest absolute Gasteiger partial charge is 0.407 e. The average molecular weight is 331 g/mol. The molecule has 2 aliphatic rings. The van der Waals surface area contributed by atoms with Crippen molar-refractivity contribution in [2.24, 2.45) is 5.41 Å². The van der Waals surface area contributed by atoms with Gasteiger partial charge in [-0.15, -0.1) is 6.42 Å². The van der Waals surface area contributed by atoms with Crippen LogP contribution in [0.25, 0.3) is 11.1 Å². The molecule has 0 aliphatic heterocycles. The van der Waals surface area contributed by atoms with Crippen LogP contribution in [0.5, 0.6) is 0 Å². The van der Waals surface area contributed by atoms with E-state index >= 15 is 0 Å². The minimum absolute atomic E-state index is 0.0865. The molecule has 0 atom stereocenters. The Morgan fingerprint density at radius 2 is 1.72 bits per heavy atom. The largest absolute Gasteiger partial charge is 0.449 e. The van der Waals surface area contributed by atoms with Crippen LogP contribution >= 0.6 is 0 Å². The second kappa shape index (κ2) is 6.29. The fourth-order valence-corrected chi connectivity index (χ4v) is 3.87. The molecule has 1 saturated carbocycles. The van der Waals surface area contributed by atoms with Gasteiger partial charge in [0, 0.05) is 17.9 Å². The van der Waals surface area contributed by atoms with Crippen molar-refractivity contribution in [1.82, 2.24) is 5.32 Å². The van der Waals surface area contributed by atoms with E-state index in [4.69, 9.17) is 11.2 Å². The lowest BCUT2D eigenvalue weighted by molar-refractivity contribution is 0.132. The minimum Gasteiger partial charge on any atom is -0.449 e. The fourth-order valence-electron chi connectivity index (χ4n) is 3.87. The summed E-state index contributed by atoms with van der Waals surface area (Å²) in [4.78, 5) is 12.1. The number of fused-ring (bicyclic) bond motifs is 3. The van der Waals surface area contributed by atoms with Crippen molar-refractivity contribution in [3.63, 3.8) is 0 Å². The number of nitrogens with one attached hydrogen (secondary N) is 1. The molecule has 2 aromatic rings. The normalized spacial score (nSPS) is 16.9. The minimum atomic E-state index is -0.386. The molecule has 3 nitrogen and oxygen atoms in total. The quantitative estimate of drug-likeness (QED) is 0.847. The molecule has 2 aromatic carbocycles. The number of alkyl carbamates (subject to hydrolysis) is 1. The first kappa shape index (κ1) is 15.8. The van der Waals surface area contributed by atoms with E-state index < -0.39 is 0 Å². The van der Waals surface area contributed by atoms with Gasteiger partial charge in [0.25, 0.3) is 0 Å². The Labute approximate surface area is 148 Å². The highest BCUT2D eigenvalue weighted by Crippen LogP contribution is 2.44. The van der Waals surface area contributed by atoms with Crippen LogP contribution in [0.3, 0.4) is 0 Å². The summed E-state index contributed by atoms with van der Waals surface area (Å²) in [7, 11) is 0. The Bertz CT molecular complexity index is 800. The number of hydrogen-bond donors (Lipinski definition) is 1. The van der Waals surface area contributed by atoms with Gasteiger partial charge in [0.15, 0.2) is 0 Å². The number of carbonyl (C=O) groups excluding carboxylic acids is 1. The molecule has 4 rings (SSSR count). The molecule has 25 heavy (non-hydrogen) atoms. The van der Waals surface area contributed by atoms with Crippen LogP contribution in [0.2, 0.25) is 0 Å².